The van der Waals surface area contributed by atoms with Gasteiger partial charge in [-0.2, -0.15) is 0 Å². The number of rotatable bonds is 3. The predicted molar refractivity (Wildman–Crippen MR) is 64.2 cm³/mol. The van der Waals surface area contributed by atoms with Crippen LogP contribution in [0.25, 0.3) is 0 Å². The second-order valence-electron chi connectivity index (χ2n) is 3.71. The van der Waals surface area contributed by atoms with E-state index in [1.807, 2.05) is 24.3 Å². The van der Waals surface area contributed by atoms with Gasteiger partial charge in [0.05, 0.1) is 0 Å². The number of hydrogen-bond donors (Lipinski definition) is 2. The molecule has 82 valence electrons. The Labute approximate surface area is 94.6 Å². The van der Waals surface area contributed by atoms with E-state index in [0.29, 0.717) is 11.6 Å². The average molecular weight is 214 g/mol. The van der Waals surface area contributed by atoms with E-state index >= 15 is 0 Å². The van der Waals surface area contributed by atoms with Crippen LogP contribution in [0.4, 0.5) is 5.82 Å². The van der Waals surface area contributed by atoms with Crippen molar-refractivity contribution in [2.75, 3.05) is 5.73 Å². The molecular weight excluding hydrogens is 200 g/mol. The van der Waals surface area contributed by atoms with Gasteiger partial charge in [0, 0.05) is 6.20 Å². The van der Waals surface area contributed by atoms with Crippen LogP contribution in [0.3, 0.4) is 0 Å². The van der Waals surface area contributed by atoms with E-state index in [0.717, 1.165) is 18.4 Å². The summed E-state index contributed by atoms with van der Waals surface area (Å²) < 4.78 is 0. The number of nitrogen functional groups attached to an aromatic ring is 1. The molecule has 1 heterocycles. The molecule has 1 aromatic carbocycles. The molecule has 0 unspecified atom stereocenters. The van der Waals surface area contributed by atoms with Crippen LogP contribution in [0, 0.1) is 0 Å². The lowest BCUT2D eigenvalue weighted by Gasteiger charge is -2.04. The van der Waals surface area contributed by atoms with Gasteiger partial charge in [0.2, 0.25) is 0 Å². The van der Waals surface area contributed by atoms with Gasteiger partial charge in [-0.3, -0.25) is 0 Å². The number of anilines is 1. The number of phenolic OH excluding ortho intramolecular Hbond substituents is 1. The molecule has 1 aromatic heterocycles. The fraction of sp³-hybridized carbons (Fsp3) is 0.154. The molecule has 3 N–H and O–H groups in total. The Morgan fingerprint density at radius 2 is 1.81 bits per heavy atom. The third-order valence-corrected chi connectivity index (χ3v) is 2.55. The van der Waals surface area contributed by atoms with Crippen molar-refractivity contribution in [2.24, 2.45) is 0 Å². The first-order chi connectivity index (χ1) is 7.75. The minimum absolute atomic E-state index is 0.296. The zero-order valence-electron chi connectivity index (χ0n) is 8.93. The molecule has 2 aromatic rings. The third kappa shape index (κ3) is 2.51. The summed E-state index contributed by atoms with van der Waals surface area (Å²) in [6, 6.07) is 11.1. The largest absolute Gasteiger partial charge is 0.508 e. The highest BCUT2D eigenvalue weighted by Gasteiger charge is 2.00. The summed E-state index contributed by atoms with van der Waals surface area (Å²) in [7, 11) is 0. The lowest BCUT2D eigenvalue weighted by atomic mass is 10.1. The van der Waals surface area contributed by atoms with E-state index in [4.69, 9.17) is 10.8 Å². The number of aromatic nitrogens is 1. The summed E-state index contributed by atoms with van der Waals surface area (Å²) in [6.45, 7) is 0. The molecule has 0 bridgehead atoms. The van der Waals surface area contributed by atoms with Gasteiger partial charge in [-0.25, -0.2) is 4.98 Å². The van der Waals surface area contributed by atoms with Crippen LogP contribution in [0.2, 0.25) is 0 Å². The zero-order valence-corrected chi connectivity index (χ0v) is 8.93. The standard InChI is InChI=1S/C13H14N2O/c14-13-11(2-1-9-15-13)6-3-10-4-7-12(16)8-5-10/h1-2,4-5,7-9,16H,3,6H2,(H2,14,15). The molecule has 0 radical (unpaired) electrons. The Bertz CT molecular complexity index is 466. The van der Waals surface area contributed by atoms with Gasteiger partial charge in [0.1, 0.15) is 11.6 Å². The van der Waals surface area contributed by atoms with Gasteiger partial charge < -0.3 is 10.8 Å². The molecule has 3 heteroatoms. The normalized spacial score (nSPS) is 10.2. The van der Waals surface area contributed by atoms with Crippen LogP contribution in [-0.2, 0) is 12.8 Å². The van der Waals surface area contributed by atoms with Gasteiger partial charge in [-0.05, 0) is 42.2 Å². The number of phenols is 1. The predicted octanol–water partition coefficient (Wildman–Crippen LogP) is 2.15. The Morgan fingerprint density at radius 1 is 1.06 bits per heavy atom. The van der Waals surface area contributed by atoms with Gasteiger partial charge in [0.15, 0.2) is 0 Å². The van der Waals surface area contributed by atoms with Crippen molar-refractivity contribution < 1.29 is 5.11 Å². The summed E-state index contributed by atoms with van der Waals surface area (Å²) in [5, 5.41) is 9.16. The van der Waals surface area contributed by atoms with Crippen molar-refractivity contribution in [3.8, 4) is 5.75 Å². The molecule has 0 aliphatic heterocycles. The molecule has 3 nitrogen and oxygen atoms in total. The van der Waals surface area contributed by atoms with Crippen molar-refractivity contribution >= 4 is 5.82 Å². The van der Waals surface area contributed by atoms with Crippen molar-refractivity contribution in [3.05, 3.63) is 53.7 Å². The lowest BCUT2D eigenvalue weighted by Crippen LogP contribution is -1.98. The van der Waals surface area contributed by atoms with E-state index < -0.39 is 0 Å². The summed E-state index contributed by atoms with van der Waals surface area (Å²) in [4.78, 5) is 4.04. The Hall–Kier alpha value is -2.03. The number of nitrogens with zero attached hydrogens (tertiary/aromatic N) is 1. The fourth-order valence-corrected chi connectivity index (χ4v) is 1.60. The third-order valence-electron chi connectivity index (χ3n) is 2.55. The van der Waals surface area contributed by atoms with E-state index in [1.165, 1.54) is 5.56 Å². The molecule has 0 aliphatic carbocycles. The molecule has 0 amide bonds. The minimum atomic E-state index is 0.296. The van der Waals surface area contributed by atoms with E-state index in [9.17, 15) is 0 Å². The number of benzene rings is 1. The summed E-state index contributed by atoms with van der Waals surface area (Å²) >= 11 is 0. The molecule has 0 saturated carbocycles. The van der Waals surface area contributed by atoms with E-state index in [2.05, 4.69) is 4.98 Å². The van der Waals surface area contributed by atoms with E-state index in [1.54, 1.807) is 18.3 Å². The van der Waals surface area contributed by atoms with Crippen LogP contribution in [0.5, 0.6) is 5.75 Å². The SMILES string of the molecule is Nc1ncccc1CCc1ccc(O)cc1. The van der Waals surface area contributed by atoms with Crippen molar-refractivity contribution in [2.45, 2.75) is 12.8 Å². The summed E-state index contributed by atoms with van der Waals surface area (Å²) in [5.41, 5.74) is 8.00. The van der Waals surface area contributed by atoms with Crippen molar-refractivity contribution in [1.82, 2.24) is 4.98 Å². The molecule has 2 rings (SSSR count). The second-order valence-corrected chi connectivity index (χ2v) is 3.71. The molecule has 0 spiro atoms. The van der Waals surface area contributed by atoms with E-state index in [-0.39, 0.29) is 0 Å². The highest BCUT2D eigenvalue weighted by molar-refractivity contribution is 5.39. The monoisotopic (exact) mass is 214 g/mol. The first-order valence-corrected chi connectivity index (χ1v) is 5.23. The van der Waals surface area contributed by atoms with Gasteiger partial charge in [-0.1, -0.05) is 18.2 Å². The Kier molecular flexibility index (Phi) is 3.05. The van der Waals surface area contributed by atoms with Gasteiger partial charge in [-0.15, -0.1) is 0 Å². The van der Waals surface area contributed by atoms with Crippen LogP contribution in [-0.4, -0.2) is 10.1 Å². The second kappa shape index (κ2) is 4.66. The topological polar surface area (TPSA) is 59.1 Å². The van der Waals surface area contributed by atoms with Crippen molar-refractivity contribution in [1.29, 1.82) is 0 Å². The molecule has 0 fully saturated rings. The van der Waals surface area contributed by atoms with Crippen LogP contribution in [0.1, 0.15) is 11.1 Å². The Balaban J connectivity index is 2.02. The number of nitrogens with two attached hydrogens (primary N) is 1. The molecule has 0 atom stereocenters. The molecule has 0 saturated heterocycles. The highest BCUT2D eigenvalue weighted by atomic mass is 16.3. The van der Waals surface area contributed by atoms with Gasteiger partial charge in [0.25, 0.3) is 0 Å². The first kappa shape index (κ1) is 10.5. The maximum absolute atomic E-state index is 9.16. The zero-order chi connectivity index (χ0) is 11.4. The van der Waals surface area contributed by atoms with Crippen molar-refractivity contribution in [3.63, 3.8) is 0 Å². The molecule has 16 heavy (non-hydrogen) atoms. The first-order valence-electron chi connectivity index (χ1n) is 5.23. The van der Waals surface area contributed by atoms with Crippen LogP contribution in [0.15, 0.2) is 42.6 Å². The Morgan fingerprint density at radius 3 is 2.50 bits per heavy atom. The number of aromatic hydroxyl groups is 1. The maximum Gasteiger partial charge on any atom is 0.126 e. The summed E-state index contributed by atoms with van der Waals surface area (Å²) in [6.07, 6.45) is 3.46. The smallest absolute Gasteiger partial charge is 0.126 e. The molecule has 0 aliphatic rings. The summed E-state index contributed by atoms with van der Waals surface area (Å²) in [5.74, 6) is 0.894. The van der Waals surface area contributed by atoms with Crippen LogP contribution < -0.4 is 5.73 Å². The lowest BCUT2D eigenvalue weighted by molar-refractivity contribution is 0.475. The molecular formula is C13H14N2O. The highest BCUT2D eigenvalue weighted by Crippen LogP contribution is 2.14. The number of aryl methyl sites for hydroxylation is 2. The average Bonchev–Trinajstić information content (AvgIpc) is 2.30. The van der Waals surface area contributed by atoms with Crippen LogP contribution >= 0.6 is 0 Å². The van der Waals surface area contributed by atoms with Gasteiger partial charge >= 0.3 is 0 Å². The maximum atomic E-state index is 9.16. The minimum Gasteiger partial charge on any atom is -0.508 e. The number of hydrogen-bond acceptors (Lipinski definition) is 3. The fourth-order valence-electron chi connectivity index (χ4n) is 1.60. The quantitative estimate of drug-likeness (QED) is 0.823. The number of pyridine rings is 1.